The van der Waals surface area contributed by atoms with E-state index in [9.17, 15) is 32.3 Å². The van der Waals surface area contributed by atoms with E-state index in [-0.39, 0.29) is 16.6 Å². The third-order valence-corrected chi connectivity index (χ3v) is 5.98. The van der Waals surface area contributed by atoms with E-state index in [1.807, 2.05) is 0 Å². The molecule has 0 aliphatic rings. The van der Waals surface area contributed by atoms with Crippen LogP contribution >= 0.6 is 15.9 Å². The largest absolute Gasteiger partial charge is 0.458 e. The molecule has 1 heterocycles. The molecule has 0 radical (unpaired) electrons. The Hall–Kier alpha value is -3.67. The highest BCUT2D eigenvalue weighted by molar-refractivity contribution is 9.10. The van der Waals surface area contributed by atoms with Crippen LogP contribution in [0.15, 0.2) is 62.6 Å². The predicted octanol–water partition coefficient (Wildman–Crippen LogP) is 4.23. The molecule has 196 valence electrons. The second-order valence-electron chi connectivity index (χ2n) is 8.68. The molecular weight excluding hydrogens is 561 g/mol. The maximum Gasteiger partial charge on any atom is 0.350 e. The number of hydrogen-bond acceptors (Lipinski definition) is 6. The Morgan fingerprint density at radius 3 is 2.24 bits per heavy atom. The second-order valence-corrected chi connectivity index (χ2v) is 9.53. The summed E-state index contributed by atoms with van der Waals surface area (Å²) in [5.41, 5.74) is -5.41. The number of aromatic nitrogens is 2. The summed E-state index contributed by atoms with van der Waals surface area (Å²) in [4.78, 5) is 50.7. The van der Waals surface area contributed by atoms with E-state index >= 15 is 0 Å². The van der Waals surface area contributed by atoms with E-state index in [1.54, 1.807) is 30.3 Å². The zero-order chi connectivity index (χ0) is 27.7. The number of alkyl halides is 2. The van der Waals surface area contributed by atoms with E-state index < -0.39 is 51.9 Å². The minimum atomic E-state index is -3.51. The predicted molar refractivity (Wildman–Crippen MR) is 130 cm³/mol. The highest BCUT2D eigenvalue weighted by atomic mass is 79.9. The van der Waals surface area contributed by atoms with Gasteiger partial charge in [-0.25, -0.2) is 32.1 Å². The molecule has 0 aliphatic heterocycles. The normalized spacial score (nSPS) is 11.8. The summed E-state index contributed by atoms with van der Waals surface area (Å²) in [5.74, 6) is -6.57. The van der Waals surface area contributed by atoms with Crippen molar-refractivity contribution in [2.75, 3.05) is 0 Å². The van der Waals surface area contributed by atoms with Gasteiger partial charge in [0.25, 0.3) is 11.5 Å². The molecule has 0 saturated heterocycles. The van der Waals surface area contributed by atoms with Crippen LogP contribution in [-0.2, 0) is 33.8 Å². The molecule has 0 fully saturated rings. The summed E-state index contributed by atoms with van der Waals surface area (Å²) in [6.45, 7) is 3.03. The average molecular weight is 583 g/mol. The maximum atomic E-state index is 14.8. The average Bonchev–Trinajstić information content (AvgIpc) is 2.80. The number of ether oxygens (including phenoxy) is 2. The number of carbonyl (C=O) groups is 2. The zero-order valence-electron chi connectivity index (χ0n) is 20.2. The first-order valence-corrected chi connectivity index (χ1v) is 11.6. The van der Waals surface area contributed by atoms with Gasteiger partial charge in [0.05, 0.1) is 16.9 Å². The molecule has 3 rings (SSSR count). The minimum Gasteiger partial charge on any atom is -0.458 e. The van der Waals surface area contributed by atoms with Gasteiger partial charge in [0.2, 0.25) is 5.60 Å². The van der Waals surface area contributed by atoms with Crippen LogP contribution in [0.5, 0.6) is 0 Å². The third-order valence-electron chi connectivity index (χ3n) is 5.32. The fourth-order valence-electron chi connectivity index (χ4n) is 3.36. The van der Waals surface area contributed by atoms with Crippen molar-refractivity contribution in [1.29, 1.82) is 0 Å². The molecular formula is C25H22BrF3N2O6. The molecule has 1 aromatic heterocycles. The Morgan fingerprint density at radius 2 is 1.65 bits per heavy atom. The molecule has 3 aromatic rings. The fourth-order valence-corrected chi connectivity index (χ4v) is 3.84. The van der Waals surface area contributed by atoms with Crippen molar-refractivity contribution < 1.29 is 32.2 Å². The van der Waals surface area contributed by atoms with Gasteiger partial charge in [-0.3, -0.25) is 9.36 Å². The molecule has 2 aromatic carbocycles. The Kier molecular flexibility index (Phi) is 7.82. The number of carbonyl (C=O) groups excluding carboxylic acids is 2. The summed E-state index contributed by atoms with van der Waals surface area (Å²) >= 11 is 3.02. The molecule has 0 spiro atoms. The van der Waals surface area contributed by atoms with Crippen molar-refractivity contribution in [3.63, 3.8) is 0 Å². The lowest BCUT2D eigenvalue weighted by Crippen LogP contribution is -2.41. The first-order chi connectivity index (χ1) is 17.1. The molecule has 12 heteroatoms. The van der Waals surface area contributed by atoms with Crippen LogP contribution in [0.3, 0.4) is 0 Å². The summed E-state index contributed by atoms with van der Waals surface area (Å²) in [6, 6.07) is 11.0. The Morgan fingerprint density at radius 1 is 1.03 bits per heavy atom. The highest BCUT2D eigenvalue weighted by Crippen LogP contribution is 2.27. The molecule has 37 heavy (non-hydrogen) atoms. The Balaban J connectivity index is 1.94. The smallest absolute Gasteiger partial charge is 0.350 e. The number of esters is 2. The van der Waals surface area contributed by atoms with E-state index in [2.05, 4.69) is 15.9 Å². The Bertz CT molecular complexity index is 1480. The molecule has 0 unspecified atom stereocenters. The molecule has 0 N–H and O–H groups in total. The fraction of sp³-hybridized carbons (Fsp3) is 0.280. The van der Waals surface area contributed by atoms with Crippen LogP contribution in [0.2, 0.25) is 0 Å². The minimum absolute atomic E-state index is 0.0654. The molecule has 8 nitrogen and oxygen atoms in total. The van der Waals surface area contributed by atoms with Gasteiger partial charge in [0, 0.05) is 24.5 Å². The molecule has 0 atom stereocenters. The second kappa shape index (κ2) is 10.4. The van der Waals surface area contributed by atoms with Crippen molar-refractivity contribution in [3.05, 3.63) is 96.5 Å². The topological polar surface area (TPSA) is 96.6 Å². The number of hydrogen-bond donors (Lipinski definition) is 0. The van der Waals surface area contributed by atoms with Crippen molar-refractivity contribution in [1.82, 2.24) is 9.13 Å². The quantitative estimate of drug-likeness (QED) is 0.387. The van der Waals surface area contributed by atoms with Crippen molar-refractivity contribution in [2.24, 2.45) is 7.05 Å². The van der Waals surface area contributed by atoms with E-state index in [0.29, 0.717) is 27.7 Å². The van der Waals surface area contributed by atoms with Crippen LogP contribution in [-0.4, -0.2) is 26.7 Å². The van der Waals surface area contributed by atoms with Crippen molar-refractivity contribution in [2.45, 2.75) is 38.9 Å². The zero-order valence-corrected chi connectivity index (χ0v) is 21.8. The van der Waals surface area contributed by atoms with E-state index in [1.165, 1.54) is 13.8 Å². The Labute approximate surface area is 217 Å². The number of halogens is 4. The summed E-state index contributed by atoms with van der Waals surface area (Å²) in [5, 5.41) is 0. The standard InChI is InChI=1S/C25H22BrF3N2O6/c1-24(2,22(34)36-13-14-8-6-5-7-9-14)37-21(33)15-10-18(17(27)11-16(15)26)31-20(32)12-19(25(3,28)29)30(4)23(31)35/h5-12H,13H2,1-4H3. The first kappa shape index (κ1) is 27.9. The number of nitrogens with zero attached hydrogens (tertiary/aromatic N) is 2. The lowest BCUT2D eigenvalue weighted by atomic mass is 10.1. The van der Waals surface area contributed by atoms with Gasteiger partial charge in [-0.15, -0.1) is 0 Å². The van der Waals surface area contributed by atoms with Crippen molar-refractivity contribution in [3.8, 4) is 5.69 Å². The van der Waals surface area contributed by atoms with Crippen LogP contribution < -0.4 is 11.2 Å². The third kappa shape index (κ3) is 6.01. The van der Waals surface area contributed by atoms with Crippen molar-refractivity contribution >= 4 is 27.9 Å². The molecule has 0 amide bonds. The van der Waals surface area contributed by atoms with Gasteiger partial charge in [0.1, 0.15) is 12.4 Å². The summed E-state index contributed by atoms with van der Waals surface area (Å²) < 4.78 is 53.6. The van der Waals surface area contributed by atoms with Gasteiger partial charge in [0.15, 0.2) is 0 Å². The van der Waals surface area contributed by atoms with Gasteiger partial charge < -0.3 is 9.47 Å². The van der Waals surface area contributed by atoms with Crippen LogP contribution in [0.1, 0.15) is 42.4 Å². The van der Waals surface area contributed by atoms with Crippen LogP contribution in [0, 0.1) is 5.82 Å². The molecule has 0 bridgehead atoms. The maximum absolute atomic E-state index is 14.8. The first-order valence-electron chi connectivity index (χ1n) is 10.8. The summed E-state index contributed by atoms with van der Waals surface area (Å²) in [7, 11) is 1.00. The molecule has 0 saturated carbocycles. The lowest BCUT2D eigenvalue weighted by molar-refractivity contribution is -0.163. The van der Waals surface area contributed by atoms with Crippen LogP contribution in [0.25, 0.3) is 5.69 Å². The monoisotopic (exact) mass is 582 g/mol. The van der Waals surface area contributed by atoms with Gasteiger partial charge in [-0.05, 0) is 47.5 Å². The van der Waals surface area contributed by atoms with Gasteiger partial charge in [-0.1, -0.05) is 30.3 Å². The van der Waals surface area contributed by atoms with Crippen LogP contribution in [0.4, 0.5) is 13.2 Å². The van der Waals surface area contributed by atoms with E-state index in [4.69, 9.17) is 9.47 Å². The van der Waals surface area contributed by atoms with E-state index in [0.717, 1.165) is 19.2 Å². The lowest BCUT2D eigenvalue weighted by Gasteiger charge is -2.23. The van der Waals surface area contributed by atoms with Gasteiger partial charge >= 0.3 is 17.6 Å². The number of rotatable bonds is 7. The van der Waals surface area contributed by atoms with Gasteiger partial charge in [-0.2, -0.15) is 0 Å². The number of benzene rings is 2. The summed E-state index contributed by atoms with van der Waals surface area (Å²) in [6.07, 6.45) is 0. The highest BCUT2D eigenvalue weighted by Gasteiger charge is 2.35. The SMILES string of the molecule is Cn1c(C(C)(F)F)cc(=O)n(-c2cc(C(=O)OC(C)(C)C(=O)OCc3ccccc3)c(Br)cc2F)c1=O. The molecule has 0 aliphatic carbocycles.